The van der Waals surface area contributed by atoms with Gasteiger partial charge in [-0.25, -0.2) is 9.97 Å². The van der Waals surface area contributed by atoms with Gasteiger partial charge in [-0.05, 0) is 25.9 Å². The van der Waals surface area contributed by atoms with E-state index in [1.807, 2.05) is 0 Å². The molecule has 0 atom stereocenters. The number of nitrogen functional groups attached to an aromatic ring is 1. The SMILES string of the molecule is Nc1nccnc1SCCN1CCCCC1. The van der Waals surface area contributed by atoms with Gasteiger partial charge >= 0.3 is 0 Å². The summed E-state index contributed by atoms with van der Waals surface area (Å²) < 4.78 is 0. The van der Waals surface area contributed by atoms with Gasteiger partial charge < -0.3 is 10.6 Å². The fourth-order valence-corrected chi connectivity index (χ4v) is 2.78. The molecule has 1 fully saturated rings. The number of piperidine rings is 1. The lowest BCUT2D eigenvalue weighted by atomic mass is 10.1. The largest absolute Gasteiger partial charge is 0.381 e. The zero-order chi connectivity index (χ0) is 11.2. The third kappa shape index (κ3) is 3.35. The van der Waals surface area contributed by atoms with E-state index in [0.29, 0.717) is 5.82 Å². The Balaban J connectivity index is 1.73. The summed E-state index contributed by atoms with van der Waals surface area (Å²) in [5, 5.41) is 0.861. The number of rotatable bonds is 4. The number of aromatic nitrogens is 2. The first-order chi connectivity index (χ1) is 7.86. The monoisotopic (exact) mass is 238 g/mol. The summed E-state index contributed by atoms with van der Waals surface area (Å²) in [6, 6.07) is 0. The Hall–Kier alpha value is -0.810. The Kier molecular flexibility index (Phi) is 4.42. The molecule has 1 aliphatic rings. The van der Waals surface area contributed by atoms with Gasteiger partial charge in [0.2, 0.25) is 0 Å². The summed E-state index contributed by atoms with van der Waals surface area (Å²) in [7, 11) is 0. The number of nitrogens with zero attached hydrogens (tertiary/aromatic N) is 3. The number of hydrogen-bond acceptors (Lipinski definition) is 5. The standard InChI is InChI=1S/C11H18N4S/c12-10-11(14-5-4-13-10)16-9-8-15-6-2-1-3-7-15/h4-5H,1-3,6-9H2,(H2,12,13). The molecule has 2 rings (SSSR count). The van der Waals surface area contributed by atoms with E-state index in [1.54, 1.807) is 24.2 Å². The second-order valence-corrected chi connectivity index (χ2v) is 5.08. The number of anilines is 1. The van der Waals surface area contributed by atoms with Crippen LogP contribution in [0.1, 0.15) is 19.3 Å². The Morgan fingerprint density at radius 3 is 2.69 bits per heavy atom. The molecule has 0 amide bonds. The van der Waals surface area contributed by atoms with E-state index in [2.05, 4.69) is 14.9 Å². The van der Waals surface area contributed by atoms with Gasteiger partial charge in [0.05, 0.1) is 0 Å². The van der Waals surface area contributed by atoms with Crippen LogP contribution >= 0.6 is 11.8 Å². The molecule has 16 heavy (non-hydrogen) atoms. The van der Waals surface area contributed by atoms with Crippen LogP contribution in [0.5, 0.6) is 0 Å². The molecule has 0 radical (unpaired) electrons. The molecule has 0 aromatic carbocycles. The molecule has 0 unspecified atom stereocenters. The van der Waals surface area contributed by atoms with Gasteiger partial charge in [0.15, 0.2) is 5.82 Å². The zero-order valence-electron chi connectivity index (χ0n) is 9.43. The fraction of sp³-hybridized carbons (Fsp3) is 0.636. The fourth-order valence-electron chi connectivity index (χ4n) is 1.90. The van der Waals surface area contributed by atoms with Crippen molar-refractivity contribution < 1.29 is 0 Å². The van der Waals surface area contributed by atoms with Crippen molar-refractivity contribution in [3.63, 3.8) is 0 Å². The first-order valence-corrected chi connectivity index (χ1v) is 6.76. The summed E-state index contributed by atoms with van der Waals surface area (Å²) in [5.74, 6) is 1.59. The second kappa shape index (κ2) is 6.06. The lowest BCUT2D eigenvalue weighted by Crippen LogP contribution is -2.31. The molecule has 0 saturated carbocycles. The smallest absolute Gasteiger partial charge is 0.156 e. The van der Waals surface area contributed by atoms with Gasteiger partial charge in [-0.1, -0.05) is 6.42 Å². The third-order valence-electron chi connectivity index (χ3n) is 2.79. The van der Waals surface area contributed by atoms with E-state index in [1.165, 1.54) is 32.4 Å². The summed E-state index contributed by atoms with van der Waals surface area (Å²) in [6.45, 7) is 3.62. The average molecular weight is 238 g/mol. The van der Waals surface area contributed by atoms with E-state index in [-0.39, 0.29) is 0 Å². The highest BCUT2D eigenvalue weighted by atomic mass is 32.2. The third-order valence-corrected chi connectivity index (χ3v) is 3.76. The van der Waals surface area contributed by atoms with Crippen LogP contribution in [0.15, 0.2) is 17.4 Å². The van der Waals surface area contributed by atoms with Crippen molar-refractivity contribution in [2.24, 2.45) is 0 Å². The van der Waals surface area contributed by atoms with Crippen LogP contribution in [0.3, 0.4) is 0 Å². The molecule has 0 spiro atoms. The van der Waals surface area contributed by atoms with Gasteiger partial charge in [0.1, 0.15) is 5.03 Å². The minimum Gasteiger partial charge on any atom is -0.381 e. The summed E-state index contributed by atoms with van der Waals surface area (Å²) in [5.41, 5.74) is 5.73. The van der Waals surface area contributed by atoms with E-state index < -0.39 is 0 Å². The van der Waals surface area contributed by atoms with Crippen LogP contribution in [-0.2, 0) is 0 Å². The molecule has 4 nitrogen and oxygen atoms in total. The summed E-state index contributed by atoms with van der Waals surface area (Å²) in [6.07, 6.45) is 7.40. The predicted molar refractivity (Wildman–Crippen MR) is 67.5 cm³/mol. The van der Waals surface area contributed by atoms with Crippen molar-refractivity contribution in [2.75, 3.05) is 31.1 Å². The van der Waals surface area contributed by atoms with Gasteiger partial charge in [-0.15, -0.1) is 11.8 Å². The number of thioether (sulfide) groups is 1. The molecule has 2 N–H and O–H groups in total. The van der Waals surface area contributed by atoms with Crippen LogP contribution in [0.2, 0.25) is 0 Å². The first kappa shape index (κ1) is 11.7. The Bertz CT molecular complexity index is 326. The molecule has 0 aliphatic carbocycles. The maximum atomic E-state index is 5.73. The van der Waals surface area contributed by atoms with Crippen molar-refractivity contribution in [1.82, 2.24) is 14.9 Å². The zero-order valence-corrected chi connectivity index (χ0v) is 10.2. The highest BCUT2D eigenvalue weighted by Gasteiger charge is 2.10. The summed E-state index contributed by atoms with van der Waals surface area (Å²) in [4.78, 5) is 10.8. The average Bonchev–Trinajstić information content (AvgIpc) is 2.33. The predicted octanol–water partition coefficient (Wildman–Crippen LogP) is 1.64. The molecular formula is C11H18N4S. The Labute approximate surface area is 101 Å². The van der Waals surface area contributed by atoms with Crippen LogP contribution in [0.4, 0.5) is 5.82 Å². The summed E-state index contributed by atoms with van der Waals surface area (Å²) >= 11 is 1.70. The molecule has 1 aromatic rings. The van der Waals surface area contributed by atoms with Crippen molar-refractivity contribution in [2.45, 2.75) is 24.3 Å². The van der Waals surface area contributed by atoms with Crippen LogP contribution in [-0.4, -0.2) is 40.3 Å². The Morgan fingerprint density at radius 1 is 1.19 bits per heavy atom. The van der Waals surface area contributed by atoms with E-state index in [9.17, 15) is 0 Å². The minimum atomic E-state index is 0.547. The quantitative estimate of drug-likeness (QED) is 0.808. The maximum absolute atomic E-state index is 5.73. The highest BCUT2D eigenvalue weighted by Crippen LogP contribution is 2.20. The first-order valence-electron chi connectivity index (χ1n) is 5.78. The topological polar surface area (TPSA) is 55.0 Å². The molecule has 1 saturated heterocycles. The molecular weight excluding hydrogens is 220 g/mol. The van der Waals surface area contributed by atoms with Gasteiger partial charge in [-0.2, -0.15) is 0 Å². The maximum Gasteiger partial charge on any atom is 0.156 e. The molecule has 5 heteroatoms. The van der Waals surface area contributed by atoms with Crippen molar-refractivity contribution in [1.29, 1.82) is 0 Å². The molecule has 1 aliphatic heterocycles. The lowest BCUT2D eigenvalue weighted by molar-refractivity contribution is 0.242. The van der Waals surface area contributed by atoms with E-state index in [4.69, 9.17) is 5.73 Å². The second-order valence-electron chi connectivity index (χ2n) is 4.00. The van der Waals surface area contributed by atoms with E-state index >= 15 is 0 Å². The lowest BCUT2D eigenvalue weighted by Gasteiger charge is -2.25. The Morgan fingerprint density at radius 2 is 1.94 bits per heavy atom. The molecule has 1 aromatic heterocycles. The van der Waals surface area contributed by atoms with Crippen LogP contribution in [0.25, 0.3) is 0 Å². The highest BCUT2D eigenvalue weighted by molar-refractivity contribution is 7.99. The molecule has 2 heterocycles. The normalized spacial score (nSPS) is 17.5. The van der Waals surface area contributed by atoms with Gasteiger partial charge in [0.25, 0.3) is 0 Å². The van der Waals surface area contributed by atoms with E-state index in [0.717, 1.165) is 17.3 Å². The van der Waals surface area contributed by atoms with Gasteiger partial charge in [0, 0.05) is 24.7 Å². The number of nitrogens with two attached hydrogens (primary N) is 1. The van der Waals surface area contributed by atoms with Crippen LogP contribution in [0, 0.1) is 0 Å². The minimum absolute atomic E-state index is 0.547. The number of hydrogen-bond donors (Lipinski definition) is 1. The van der Waals surface area contributed by atoms with Crippen LogP contribution < -0.4 is 5.73 Å². The van der Waals surface area contributed by atoms with Crippen molar-refractivity contribution >= 4 is 17.6 Å². The molecule has 0 bridgehead atoms. The van der Waals surface area contributed by atoms with Crippen molar-refractivity contribution in [3.8, 4) is 0 Å². The molecule has 88 valence electrons. The number of likely N-dealkylation sites (tertiary alicyclic amines) is 1. The van der Waals surface area contributed by atoms with Crippen molar-refractivity contribution in [3.05, 3.63) is 12.4 Å². The van der Waals surface area contributed by atoms with Gasteiger partial charge in [-0.3, -0.25) is 0 Å².